The molecule has 0 aliphatic carbocycles. The average Bonchev–Trinajstić information content (AvgIpc) is 3.09. The van der Waals surface area contributed by atoms with Crippen LogP contribution in [0.5, 0.6) is 23.0 Å². The molecule has 0 unspecified atom stereocenters. The van der Waals surface area contributed by atoms with Crippen LogP contribution in [0.1, 0.15) is 54.0 Å². The Hall–Kier alpha value is -6.07. The molecule has 4 N–H and O–H groups in total. The smallest absolute Gasteiger partial charge is 0.338 e. The van der Waals surface area contributed by atoms with E-state index in [9.17, 15) is 19.2 Å². The van der Waals surface area contributed by atoms with Gasteiger partial charge in [0.05, 0.1) is 30.3 Å². The molecule has 11 nitrogen and oxygen atoms in total. The van der Waals surface area contributed by atoms with E-state index >= 15 is 0 Å². The number of rotatable bonds is 12. The highest BCUT2D eigenvalue weighted by Gasteiger charge is 2.18. The van der Waals surface area contributed by atoms with E-state index in [0.29, 0.717) is 58.5 Å². The van der Waals surface area contributed by atoms with Crippen LogP contribution in [-0.2, 0) is 9.59 Å². The number of anilines is 3. The Morgan fingerprint density at radius 1 is 0.627 bits per heavy atom. The van der Waals surface area contributed by atoms with Crippen LogP contribution in [0.25, 0.3) is 0 Å². The summed E-state index contributed by atoms with van der Waals surface area (Å²) in [5, 5.41) is 5.55. The lowest BCUT2D eigenvalue weighted by molar-refractivity contribution is -0.130. The van der Waals surface area contributed by atoms with Gasteiger partial charge in [0.1, 0.15) is 17.2 Å². The van der Waals surface area contributed by atoms with Crippen LogP contribution < -0.4 is 47.7 Å². The second kappa shape index (κ2) is 19.8. The van der Waals surface area contributed by atoms with Crippen molar-refractivity contribution in [2.75, 3.05) is 29.6 Å². The van der Waals surface area contributed by atoms with Crippen molar-refractivity contribution in [2.45, 2.75) is 34.6 Å². The monoisotopic (exact) mass is 714 g/mol. The van der Waals surface area contributed by atoms with Crippen LogP contribution >= 0.6 is 0 Å². The summed E-state index contributed by atoms with van der Waals surface area (Å²) in [7, 11) is 0. The SMILES string of the molecule is C=C(C)C(=O)Oc1cc(NC(=O)c2ccccc2)c(OCC)cc1C.C=C(C)C(=O)Oc1cc(NC(=O)c2ccccc2)c(OCC)cc1N.[Cl-]. The predicted octanol–water partition coefficient (Wildman–Crippen LogP) is 4.53. The van der Waals surface area contributed by atoms with Crippen LogP contribution in [0.3, 0.4) is 0 Å². The maximum absolute atomic E-state index is 12.4. The highest BCUT2D eigenvalue weighted by atomic mass is 35.5. The molecule has 268 valence electrons. The summed E-state index contributed by atoms with van der Waals surface area (Å²) < 4.78 is 21.6. The zero-order valence-corrected chi connectivity index (χ0v) is 29.9. The third kappa shape index (κ3) is 12.1. The molecule has 4 rings (SSSR count). The summed E-state index contributed by atoms with van der Waals surface area (Å²) in [6, 6.07) is 23.8. The molecule has 0 aromatic heterocycles. The maximum Gasteiger partial charge on any atom is 0.338 e. The van der Waals surface area contributed by atoms with Gasteiger partial charge in [0, 0.05) is 40.5 Å². The van der Waals surface area contributed by atoms with E-state index in [1.807, 2.05) is 26.0 Å². The lowest BCUT2D eigenvalue weighted by Crippen LogP contribution is -3.00. The van der Waals surface area contributed by atoms with Crippen molar-refractivity contribution in [1.82, 2.24) is 0 Å². The Balaban J connectivity index is 0.000000347. The molecule has 4 aromatic rings. The number of hydrogen-bond acceptors (Lipinski definition) is 9. The van der Waals surface area contributed by atoms with Gasteiger partial charge in [0.2, 0.25) is 0 Å². The van der Waals surface area contributed by atoms with Gasteiger partial charge in [-0.05, 0) is 70.5 Å². The molecule has 4 aromatic carbocycles. The van der Waals surface area contributed by atoms with Crippen molar-refractivity contribution in [3.8, 4) is 23.0 Å². The molecule has 0 saturated carbocycles. The molecule has 2 amide bonds. The number of nitrogen functional groups attached to an aromatic ring is 1. The first-order chi connectivity index (χ1) is 23.8. The van der Waals surface area contributed by atoms with Gasteiger partial charge in [0.15, 0.2) is 5.75 Å². The molecule has 12 heteroatoms. The molecular formula is C39H41ClN3O8-. The number of halogens is 1. The maximum atomic E-state index is 12.4. The van der Waals surface area contributed by atoms with Gasteiger partial charge in [-0.1, -0.05) is 49.6 Å². The molecule has 0 heterocycles. The van der Waals surface area contributed by atoms with Crippen molar-refractivity contribution in [3.63, 3.8) is 0 Å². The van der Waals surface area contributed by atoms with E-state index in [2.05, 4.69) is 23.8 Å². The molecule has 0 fully saturated rings. The minimum Gasteiger partial charge on any atom is -1.00 e. The Labute approximate surface area is 303 Å². The number of ether oxygens (including phenoxy) is 4. The molecule has 0 aliphatic heterocycles. The van der Waals surface area contributed by atoms with E-state index in [-0.39, 0.29) is 41.2 Å². The predicted molar refractivity (Wildman–Crippen MR) is 194 cm³/mol. The van der Waals surface area contributed by atoms with E-state index in [0.717, 1.165) is 5.56 Å². The van der Waals surface area contributed by atoms with Crippen molar-refractivity contribution in [3.05, 3.63) is 126 Å². The molecule has 0 radical (unpaired) electrons. The first-order valence-electron chi connectivity index (χ1n) is 15.7. The quantitative estimate of drug-likeness (QED) is 0.0831. The van der Waals surface area contributed by atoms with Gasteiger partial charge in [-0.15, -0.1) is 0 Å². The zero-order chi connectivity index (χ0) is 36.8. The summed E-state index contributed by atoms with van der Waals surface area (Å²) in [5.74, 6) is -0.340. The van der Waals surface area contributed by atoms with Crippen molar-refractivity contribution < 1.29 is 50.5 Å². The largest absolute Gasteiger partial charge is 1.00 e. The first kappa shape index (κ1) is 41.1. The standard InChI is InChI=1S/C20H21NO4.C19H20N2O4.ClH/c1-5-24-18-11-14(4)17(25-20(23)13(2)3)12-16(18)21-19(22)15-9-7-6-8-10-15;1-4-24-17-10-14(20)16(25-19(23)12(2)3)11-15(17)21-18(22)13-8-6-5-7-9-13;/h6-12H,2,5H2,1,3-4H3,(H,21,22);5-11H,2,4,20H2,1,3H3,(H,21,22);1H/p-1. The first-order valence-corrected chi connectivity index (χ1v) is 15.7. The minimum atomic E-state index is -0.601. The molecule has 51 heavy (non-hydrogen) atoms. The Morgan fingerprint density at radius 2 is 1.02 bits per heavy atom. The Kier molecular flexibility index (Phi) is 16.0. The Bertz CT molecular complexity index is 1740. The van der Waals surface area contributed by atoms with Crippen LogP contribution in [-0.4, -0.2) is 37.0 Å². The topological polar surface area (TPSA) is 155 Å². The van der Waals surface area contributed by atoms with Gasteiger partial charge in [-0.25, -0.2) is 9.59 Å². The fourth-order valence-electron chi connectivity index (χ4n) is 4.12. The normalized spacial score (nSPS) is 9.82. The van der Waals surface area contributed by atoms with Crippen LogP contribution in [0.15, 0.2) is 109 Å². The van der Waals surface area contributed by atoms with Gasteiger partial charge >= 0.3 is 11.9 Å². The summed E-state index contributed by atoms with van der Waals surface area (Å²) >= 11 is 0. The number of nitrogens with one attached hydrogen (secondary N) is 2. The van der Waals surface area contributed by atoms with Crippen LogP contribution in [0.2, 0.25) is 0 Å². The van der Waals surface area contributed by atoms with Crippen molar-refractivity contribution in [2.24, 2.45) is 0 Å². The molecule has 0 bridgehead atoms. The number of benzene rings is 4. The van der Waals surface area contributed by atoms with Crippen molar-refractivity contribution >= 4 is 40.8 Å². The second-order valence-corrected chi connectivity index (χ2v) is 10.8. The fraction of sp³-hybridized carbons (Fsp3) is 0.179. The minimum absolute atomic E-state index is 0. The number of hydrogen-bond donors (Lipinski definition) is 3. The molecule has 0 aliphatic rings. The molecule has 0 saturated heterocycles. The van der Waals surface area contributed by atoms with Crippen molar-refractivity contribution in [1.29, 1.82) is 0 Å². The van der Waals surface area contributed by atoms with Crippen LogP contribution in [0, 0.1) is 6.92 Å². The number of carbonyl (C=O) groups is 4. The number of amides is 2. The van der Waals surface area contributed by atoms with E-state index in [1.54, 1.807) is 74.5 Å². The van der Waals surface area contributed by atoms with Crippen LogP contribution in [0.4, 0.5) is 17.1 Å². The van der Waals surface area contributed by atoms with E-state index in [1.165, 1.54) is 19.1 Å². The van der Waals surface area contributed by atoms with Gasteiger partial charge in [-0.2, -0.15) is 0 Å². The number of nitrogens with two attached hydrogens (primary N) is 1. The summed E-state index contributed by atoms with van der Waals surface area (Å²) in [4.78, 5) is 48.3. The number of esters is 2. The second-order valence-electron chi connectivity index (χ2n) is 10.8. The third-order valence-corrected chi connectivity index (χ3v) is 6.66. The molecule has 0 atom stereocenters. The zero-order valence-electron chi connectivity index (χ0n) is 29.1. The lowest BCUT2D eigenvalue weighted by Gasteiger charge is -2.15. The highest BCUT2D eigenvalue weighted by Crippen LogP contribution is 2.36. The van der Waals surface area contributed by atoms with Gasteiger partial charge in [-0.3, -0.25) is 9.59 Å². The Morgan fingerprint density at radius 3 is 1.43 bits per heavy atom. The van der Waals surface area contributed by atoms with Gasteiger partial charge in [0.25, 0.3) is 11.8 Å². The molecular weight excluding hydrogens is 674 g/mol. The fourth-order valence-corrected chi connectivity index (χ4v) is 4.12. The average molecular weight is 715 g/mol. The number of carbonyl (C=O) groups excluding carboxylic acids is 4. The lowest BCUT2D eigenvalue weighted by atomic mass is 10.1. The third-order valence-electron chi connectivity index (χ3n) is 6.66. The van der Waals surface area contributed by atoms with E-state index in [4.69, 9.17) is 24.7 Å². The summed E-state index contributed by atoms with van der Waals surface area (Å²) in [6.45, 7) is 16.5. The van der Waals surface area contributed by atoms with Gasteiger partial charge < -0.3 is 47.7 Å². The van der Waals surface area contributed by atoms with E-state index < -0.39 is 11.9 Å². The molecule has 0 spiro atoms. The summed E-state index contributed by atoms with van der Waals surface area (Å²) in [5.41, 5.74) is 9.18. The highest BCUT2D eigenvalue weighted by molar-refractivity contribution is 6.06. The number of aryl methyl sites for hydroxylation is 1. The summed E-state index contributed by atoms with van der Waals surface area (Å²) in [6.07, 6.45) is 0.